The molecule has 0 unspecified atom stereocenters. The molecule has 1 N–H and O–H groups in total. The number of amides is 1. The van der Waals surface area contributed by atoms with Crippen LogP contribution in [0.15, 0.2) is 61.4 Å². The number of aromatic nitrogens is 2. The second-order valence-corrected chi connectivity index (χ2v) is 4.82. The molecule has 4 nitrogen and oxygen atoms in total. The monoisotopic (exact) mass is 277 g/mol. The molecule has 0 bridgehead atoms. The van der Waals surface area contributed by atoms with E-state index in [1.54, 1.807) is 0 Å². The summed E-state index contributed by atoms with van der Waals surface area (Å²) in [6.45, 7) is 5.47. The van der Waals surface area contributed by atoms with Crippen LogP contribution in [0.1, 0.15) is 5.56 Å². The van der Waals surface area contributed by atoms with Gasteiger partial charge in [0.1, 0.15) is 5.65 Å². The molecule has 0 aliphatic heterocycles. The molecule has 0 saturated heterocycles. The van der Waals surface area contributed by atoms with Gasteiger partial charge in [-0.25, -0.2) is 4.98 Å². The van der Waals surface area contributed by atoms with Crippen LogP contribution in [0.25, 0.3) is 16.9 Å². The number of nitrogens with zero attached hydrogens (tertiary/aromatic N) is 2. The van der Waals surface area contributed by atoms with Gasteiger partial charge in [-0.05, 0) is 36.8 Å². The van der Waals surface area contributed by atoms with E-state index in [4.69, 9.17) is 0 Å². The SMILES string of the molecule is C=CC(=O)Nc1ccc(-c2cn3cccc(C)c3n2)cc1. The number of hydrogen-bond acceptors (Lipinski definition) is 2. The van der Waals surface area contributed by atoms with Gasteiger partial charge in [-0.1, -0.05) is 24.8 Å². The summed E-state index contributed by atoms with van der Waals surface area (Å²) in [6.07, 6.45) is 5.23. The quantitative estimate of drug-likeness (QED) is 0.745. The Morgan fingerprint density at radius 3 is 2.71 bits per heavy atom. The number of nitrogens with one attached hydrogen (secondary N) is 1. The fourth-order valence-electron chi connectivity index (χ4n) is 2.21. The number of carbonyl (C=O) groups is 1. The number of carbonyl (C=O) groups excluding carboxylic acids is 1. The Kier molecular flexibility index (Phi) is 3.28. The lowest BCUT2D eigenvalue weighted by Crippen LogP contribution is -2.06. The lowest BCUT2D eigenvalue weighted by molar-refractivity contribution is -0.111. The fraction of sp³-hybridized carbons (Fsp3) is 0.0588. The first-order chi connectivity index (χ1) is 10.2. The van der Waals surface area contributed by atoms with E-state index in [9.17, 15) is 4.79 Å². The summed E-state index contributed by atoms with van der Waals surface area (Å²) in [5, 5.41) is 2.72. The van der Waals surface area contributed by atoms with Crippen LogP contribution in [0, 0.1) is 6.92 Å². The zero-order valence-corrected chi connectivity index (χ0v) is 11.7. The number of aryl methyl sites for hydroxylation is 1. The molecule has 1 amide bonds. The van der Waals surface area contributed by atoms with Gasteiger partial charge in [0.25, 0.3) is 0 Å². The predicted octanol–water partition coefficient (Wildman–Crippen LogP) is 3.43. The van der Waals surface area contributed by atoms with Crippen LogP contribution < -0.4 is 5.32 Å². The number of rotatable bonds is 3. The molecule has 104 valence electrons. The van der Waals surface area contributed by atoms with Gasteiger partial charge < -0.3 is 9.72 Å². The van der Waals surface area contributed by atoms with Gasteiger partial charge in [-0.2, -0.15) is 0 Å². The molecule has 0 fully saturated rings. The zero-order valence-electron chi connectivity index (χ0n) is 11.7. The molecule has 2 heterocycles. The van der Waals surface area contributed by atoms with E-state index in [1.165, 1.54) is 6.08 Å². The minimum absolute atomic E-state index is 0.217. The topological polar surface area (TPSA) is 46.4 Å². The molecule has 0 aliphatic rings. The largest absolute Gasteiger partial charge is 0.323 e. The molecule has 21 heavy (non-hydrogen) atoms. The van der Waals surface area contributed by atoms with Crippen LogP contribution in [0.2, 0.25) is 0 Å². The van der Waals surface area contributed by atoms with Crippen LogP contribution >= 0.6 is 0 Å². The van der Waals surface area contributed by atoms with E-state index < -0.39 is 0 Å². The Balaban J connectivity index is 1.93. The van der Waals surface area contributed by atoms with Crippen molar-refractivity contribution in [2.75, 3.05) is 5.32 Å². The predicted molar refractivity (Wildman–Crippen MR) is 84.2 cm³/mol. The third-order valence-corrected chi connectivity index (χ3v) is 3.31. The second-order valence-electron chi connectivity index (χ2n) is 4.82. The third kappa shape index (κ3) is 2.56. The Morgan fingerprint density at radius 2 is 2.05 bits per heavy atom. The van der Waals surface area contributed by atoms with Gasteiger partial charge in [-0.15, -0.1) is 0 Å². The highest BCUT2D eigenvalue weighted by atomic mass is 16.1. The number of anilines is 1. The highest BCUT2D eigenvalue weighted by Crippen LogP contribution is 2.22. The van der Waals surface area contributed by atoms with Crippen molar-refractivity contribution in [2.45, 2.75) is 6.92 Å². The minimum atomic E-state index is -0.217. The number of fused-ring (bicyclic) bond motifs is 1. The summed E-state index contributed by atoms with van der Waals surface area (Å²) in [5.74, 6) is -0.217. The van der Waals surface area contributed by atoms with Gasteiger partial charge in [-0.3, -0.25) is 4.79 Å². The first-order valence-electron chi connectivity index (χ1n) is 6.65. The lowest BCUT2D eigenvalue weighted by Gasteiger charge is -2.02. The highest BCUT2D eigenvalue weighted by molar-refractivity contribution is 5.98. The summed E-state index contributed by atoms with van der Waals surface area (Å²) in [7, 11) is 0. The van der Waals surface area contributed by atoms with Gasteiger partial charge >= 0.3 is 0 Å². The van der Waals surface area contributed by atoms with Crippen molar-refractivity contribution in [3.05, 3.63) is 67.0 Å². The Morgan fingerprint density at radius 1 is 1.29 bits per heavy atom. The van der Waals surface area contributed by atoms with Gasteiger partial charge in [0.05, 0.1) is 5.69 Å². The van der Waals surface area contributed by atoms with Crippen LogP contribution in [-0.4, -0.2) is 15.3 Å². The molecule has 0 aliphatic carbocycles. The highest BCUT2D eigenvalue weighted by Gasteiger charge is 2.06. The van der Waals surface area contributed by atoms with E-state index >= 15 is 0 Å². The van der Waals surface area contributed by atoms with Gasteiger partial charge in [0.2, 0.25) is 5.91 Å². The van der Waals surface area contributed by atoms with E-state index in [2.05, 4.69) is 16.9 Å². The van der Waals surface area contributed by atoms with Crippen molar-refractivity contribution < 1.29 is 4.79 Å². The maximum Gasteiger partial charge on any atom is 0.247 e. The average Bonchev–Trinajstić information content (AvgIpc) is 2.93. The first-order valence-corrected chi connectivity index (χ1v) is 6.65. The van der Waals surface area contributed by atoms with Crippen molar-refractivity contribution in [3.63, 3.8) is 0 Å². The number of hydrogen-bond donors (Lipinski definition) is 1. The first kappa shape index (κ1) is 13.1. The molecule has 3 rings (SSSR count). The van der Waals surface area contributed by atoms with E-state index in [-0.39, 0.29) is 5.91 Å². The molecule has 0 radical (unpaired) electrons. The summed E-state index contributed by atoms with van der Waals surface area (Å²) in [6, 6.07) is 11.6. The van der Waals surface area contributed by atoms with Crippen molar-refractivity contribution in [1.29, 1.82) is 0 Å². The molecule has 0 saturated carbocycles. The van der Waals surface area contributed by atoms with Crippen LogP contribution in [0.4, 0.5) is 5.69 Å². The van der Waals surface area contributed by atoms with Crippen molar-refractivity contribution in [1.82, 2.24) is 9.38 Å². The van der Waals surface area contributed by atoms with Gasteiger partial charge in [0, 0.05) is 23.6 Å². The smallest absolute Gasteiger partial charge is 0.247 e. The summed E-state index contributed by atoms with van der Waals surface area (Å²) in [5.41, 5.74) is 4.75. The maximum absolute atomic E-state index is 11.2. The van der Waals surface area contributed by atoms with Crippen LogP contribution in [0.3, 0.4) is 0 Å². The fourth-order valence-corrected chi connectivity index (χ4v) is 2.21. The summed E-state index contributed by atoms with van der Waals surface area (Å²) >= 11 is 0. The van der Waals surface area contributed by atoms with E-state index in [1.807, 2.05) is 60.1 Å². The van der Waals surface area contributed by atoms with Crippen molar-refractivity contribution >= 4 is 17.2 Å². The van der Waals surface area contributed by atoms with E-state index in [0.717, 1.165) is 28.2 Å². The summed E-state index contributed by atoms with van der Waals surface area (Å²) in [4.78, 5) is 15.9. The summed E-state index contributed by atoms with van der Waals surface area (Å²) < 4.78 is 2.01. The Labute approximate surface area is 122 Å². The lowest BCUT2D eigenvalue weighted by atomic mass is 10.1. The minimum Gasteiger partial charge on any atom is -0.323 e. The van der Waals surface area contributed by atoms with Crippen LogP contribution in [-0.2, 0) is 4.79 Å². The zero-order chi connectivity index (χ0) is 14.8. The molecular weight excluding hydrogens is 262 g/mol. The van der Waals surface area contributed by atoms with E-state index in [0.29, 0.717) is 0 Å². The molecule has 4 heteroatoms. The molecule has 0 atom stereocenters. The van der Waals surface area contributed by atoms with Gasteiger partial charge in [0.15, 0.2) is 0 Å². The van der Waals surface area contributed by atoms with Crippen molar-refractivity contribution in [2.24, 2.45) is 0 Å². The third-order valence-electron chi connectivity index (χ3n) is 3.31. The Bertz CT molecular complexity index is 816. The Hall–Kier alpha value is -2.88. The number of imidazole rings is 1. The average molecular weight is 277 g/mol. The molecule has 2 aromatic heterocycles. The molecule has 1 aromatic carbocycles. The van der Waals surface area contributed by atoms with Crippen LogP contribution in [0.5, 0.6) is 0 Å². The second kappa shape index (κ2) is 5.25. The molecular formula is C17H15N3O. The molecule has 0 spiro atoms. The molecule has 3 aromatic rings. The standard InChI is InChI=1S/C17H15N3O/c1-3-16(21)18-14-8-6-13(7-9-14)15-11-20-10-4-5-12(2)17(20)19-15/h3-11H,1H2,2H3,(H,18,21). The number of pyridine rings is 1. The van der Waals surface area contributed by atoms with Crippen molar-refractivity contribution in [3.8, 4) is 11.3 Å². The normalized spacial score (nSPS) is 10.5. The maximum atomic E-state index is 11.2. The number of benzene rings is 1.